The molecule has 0 saturated heterocycles. The highest BCUT2D eigenvalue weighted by molar-refractivity contribution is 5.79. The topological polar surface area (TPSA) is 73.6 Å². The van der Waals surface area contributed by atoms with Gasteiger partial charge in [-0.15, -0.1) is 0 Å². The molecule has 6 nitrogen and oxygen atoms in total. The Labute approximate surface area is 114 Å². The lowest BCUT2D eigenvalue weighted by atomic mass is 10.3. The highest BCUT2D eigenvalue weighted by Gasteiger charge is 2.16. The smallest absolute Gasteiger partial charge is 0.320 e. The SMILES string of the molecule is CCCN(CC(=O)OCC)CC(=O)N(C)CCC#N. The number of esters is 1. The Morgan fingerprint density at radius 3 is 2.42 bits per heavy atom. The summed E-state index contributed by atoms with van der Waals surface area (Å²) in [5, 5.41) is 8.48. The van der Waals surface area contributed by atoms with Crippen LogP contribution in [0.3, 0.4) is 0 Å². The molecule has 0 bridgehead atoms. The van der Waals surface area contributed by atoms with Crippen molar-refractivity contribution in [1.82, 2.24) is 9.80 Å². The molecule has 0 heterocycles. The van der Waals surface area contributed by atoms with Gasteiger partial charge >= 0.3 is 5.97 Å². The lowest BCUT2D eigenvalue weighted by molar-refractivity contribution is -0.145. The van der Waals surface area contributed by atoms with E-state index in [1.807, 2.05) is 13.0 Å². The van der Waals surface area contributed by atoms with Crippen LogP contribution >= 0.6 is 0 Å². The Bertz CT molecular complexity index is 326. The van der Waals surface area contributed by atoms with Crippen LogP contribution in [-0.4, -0.2) is 61.5 Å². The van der Waals surface area contributed by atoms with Crippen LogP contribution in [0.25, 0.3) is 0 Å². The van der Waals surface area contributed by atoms with E-state index in [-0.39, 0.29) is 25.0 Å². The second-order valence-corrected chi connectivity index (χ2v) is 4.24. The maximum Gasteiger partial charge on any atom is 0.320 e. The van der Waals surface area contributed by atoms with Gasteiger partial charge in [0, 0.05) is 13.6 Å². The number of hydrogen-bond donors (Lipinski definition) is 0. The van der Waals surface area contributed by atoms with E-state index in [9.17, 15) is 9.59 Å². The first kappa shape index (κ1) is 17.4. The first-order valence-corrected chi connectivity index (χ1v) is 6.54. The van der Waals surface area contributed by atoms with Crippen molar-refractivity contribution < 1.29 is 14.3 Å². The molecule has 0 N–H and O–H groups in total. The minimum absolute atomic E-state index is 0.0898. The molecule has 108 valence electrons. The number of nitrogens with zero attached hydrogens (tertiary/aromatic N) is 3. The molecule has 0 rings (SSSR count). The largest absolute Gasteiger partial charge is 0.465 e. The zero-order valence-corrected chi connectivity index (χ0v) is 12.0. The summed E-state index contributed by atoms with van der Waals surface area (Å²) in [5.74, 6) is -0.406. The van der Waals surface area contributed by atoms with Gasteiger partial charge in [-0.1, -0.05) is 6.92 Å². The van der Waals surface area contributed by atoms with Crippen molar-refractivity contribution in [3.05, 3.63) is 0 Å². The van der Waals surface area contributed by atoms with Crippen molar-refractivity contribution in [3.63, 3.8) is 0 Å². The molecule has 0 aliphatic carbocycles. The summed E-state index contributed by atoms with van der Waals surface area (Å²) in [4.78, 5) is 26.6. The van der Waals surface area contributed by atoms with Crippen LogP contribution in [0.15, 0.2) is 0 Å². The summed E-state index contributed by atoms with van der Waals surface area (Å²) in [7, 11) is 1.66. The Hall–Kier alpha value is -1.61. The van der Waals surface area contributed by atoms with Gasteiger partial charge in [0.2, 0.25) is 5.91 Å². The van der Waals surface area contributed by atoms with Crippen molar-refractivity contribution >= 4 is 11.9 Å². The average Bonchev–Trinajstić information content (AvgIpc) is 2.36. The Morgan fingerprint density at radius 2 is 1.89 bits per heavy atom. The molecule has 0 aliphatic rings. The first-order valence-electron chi connectivity index (χ1n) is 6.54. The van der Waals surface area contributed by atoms with E-state index in [4.69, 9.17) is 10.00 Å². The van der Waals surface area contributed by atoms with Gasteiger partial charge in [-0.05, 0) is 19.9 Å². The minimum atomic E-state index is -0.316. The Balaban J connectivity index is 4.28. The number of carbonyl (C=O) groups is 2. The van der Waals surface area contributed by atoms with Crippen molar-refractivity contribution in [3.8, 4) is 6.07 Å². The van der Waals surface area contributed by atoms with Gasteiger partial charge in [-0.3, -0.25) is 14.5 Å². The number of carbonyl (C=O) groups excluding carboxylic acids is 2. The average molecular weight is 269 g/mol. The van der Waals surface area contributed by atoms with Crippen LogP contribution in [0.5, 0.6) is 0 Å². The maximum absolute atomic E-state index is 11.9. The van der Waals surface area contributed by atoms with Gasteiger partial charge < -0.3 is 9.64 Å². The normalized spacial score (nSPS) is 10.1. The maximum atomic E-state index is 11.9. The van der Waals surface area contributed by atoms with Crippen molar-refractivity contribution in [2.24, 2.45) is 0 Å². The van der Waals surface area contributed by atoms with E-state index in [1.165, 1.54) is 4.90 Å². The predicted octanol–water partition coefficient (Wildman–Crippen LogP) is 0.634. The van der Waals surface area contributed by atoms with Gasteiger partial charge in [0.1, 0.15) is 0 Å². The third-order valence-corrected chi connectivity index (χ3v) is 2.54. The zero-order valence-electron chi connectivity index (χ0n) is 12.0. The van der Waals surface area contributed by atoms with Crippen LogP contribution < -0.4 is 0 Å². The number of hydrogen-bond acceptors (Lipinski definition) is 5. The molecule has 0 fully saturated rings. The molecule has 0 atom stereocenters. The summed E-state index contributed by atoms with van der Waals surface area (Å²) < 4.78 is 4.88. The standard InChI is InChI=1S/C13H23N3O3/c1-4-8-16(11-13(18)19-5-2)10-12(17)15(3)9-6-7-14/h4-6,8-11H2,1-3H3. The Morgan fingerprint density at radius 1 is 1.21 bits per heavy atom. The molecule has 0 aromatic carbocycles. The summed E-state index contributed by atoms with van der Waals surface area (Å²) in [6.07, 6.45) is 1.17. The molecular formula is C13H23N3O3. The minimum Gasteiger partial charge on any atom is -0.465 e. The van der Waals surface area contributed by atoms with Gasteiger partial charge in [-0.2, -0.15) is 5.26 Å². The van der Waals surface area contributed by atoms with E-state index >= 15 is 0 Å². The number of likely N-dealkylation sites (N-methyl/N-ethyl adjacent to an activating group) is 1. The van der Waals surface area contributed by atoms with Crippen molar-refractivity contribution in [1.29, 1.82) is 5.26 Å². The molecule has 0 unspecified atom stereocenters. The van der Waals surface area contributed by atoms with E-state index < -0.39 is 0 Å². The third-order valence-electron chi connectivity index (χ3n) is 2.54. The molecule has 0 aliphatic heterocycles. The number of nitriles is 1. The molecule has 0 aromatic heterocycles. The fraction of sp³-hybridized carbons (Fsp3) is 0.769. The molecule has 19 heavy (non-hydrogen) atoms. The van der Waals surface area contributed by atoms with E-state index in [1.54, 1.807) is 18.9 Å². The fourth-order valence-corrected chi connectivity index (χ4v) is 1.57. The molecule has 1 amide bonds. The highest BCUT2D eigenvalue weighted by atomic mass is 16.5. The van der Waals surface area contributed by atoms with Crippen molar-refractivity contribution in [2.75, 3.05) is 39.8 Å². The summed E-state index contributed by atoms with van der Waals surface area (Å²) in [6.45, 7) is 5.46. The quantitative estimate of drug-likeness (QED) is 0.574. The third kappa shape index (κ3) is 8.16. The number of ether oxygens (including phenoxy) is 1. The first-order chi connectivity index (χ1) is 9.04. The number of rotatable bonds is 9. The molecule has 0 spiro atoms. The van der Waals surface area contributed by atoms with Crippen LogP contribution in [-0.2, 0) is 14.3 Å². The van der Waals surface area contributed by atoms with Crippen LogP contribution in [0.1, 0.15) is 26.7 Å². The summed E-state index contributed by atoms with van der Waals surface area (Å²) in [5.41, 5.74) is 0. The number of amides is 1. The molecule has 0 saturated carbocycles. The lowest BCUT2D eigenvalue weighted by Crippen LogP contribution is -2.41. The highest BCUT2D eigenvalue weighted by Crippen LogP contribution is 1.97. The van der Waals surface area contributed by atoms with E-state index in [0.717, 1.165) is 6.42 Å². The second-order valence-electron chi connectivity index (χ2n) is 4.24. The van der Waals surface area contributed by atoms with Gasteiger partial charge in [0.25, 0.3) is 0 Å². The summed E-state index contributed by atoms with van der Waals surface area (Å²) >= 11 is 0. The van der Waals surface area contributed by atoms with E-state index in [2.05, 4.69) is 0 Å². The van der Waals surface area contributed by atoms with Gasteiger partial charge in [0.05, 0.1) is 32.2 Å². The van der Waals surface area contributed by atoms with E-state index in [0.29, 0.717) is 26.1 Å². The molecule has 0 radical (unpaired) electrons. The summed E-state index contributed by atoms with van der Waals surface area (Å²) in [6, 6.07) is 2.00. The fourth-order valence-electron chi connectivity index (χ4n) is 1.57. The van der Waals surface area contributed by atoms with Gasteiger partial charge in [0.15, 0.2) is 0 Å². The second kappa shape index (κ2) is 10.3. The zero-order chi connectivity index (χ0) is 14.7. The Kier molecular flexibility index (Phi) is 9.45. The van der Waals surface area contributed by atoms with Crippen LogP contribution in [0, 0.1) is 11.3 Å². The molecular weight excluding hydrogens is 246 g/mol. The monoisotopic (exact) mass is 269 g/mol. The lowest BCUT2D eigenvalue weighted by Gasteiger charge is -2.23. The van der Waals surface area contributed by atoms with Crippen molar-refractivity contribution in [2.45, 2.75) is 26.7 Å². The molecule has 0 aromatic rings. The van der Waals surface area contributed by atoms with Gasteiger partial charge in [-0.25, -0.2) is 0 Å². The molecule has 6 heteroatoms. The predicted molar refractivity (Wildman–Crippen MR) is 71.2 cm³/mol. The van der Waals surface area contributed by atoms with Crippen LogP contribution in [0.4, 0.5) is 0 Å². The van der Waals surface area contributed by atoms with Crippen LogP contribution in [0.2, 0.25) is 0 Å².